The lowest BCUT2D eigenvalue weighted by Crippen LogP contribution is -2.45. The maximum absolute atomic E-state index is 12.1. The van der Waals surface area contributed by atoms with Crippen LogP contribution in [0.25, 0.3) is 0 Å². The van der Waals surface area contributed by atoms with Gasteiger partial charge in [-0.1, -0.05) is 6.42 Å². The van der Waals surface area contributed by atoms with E-state index in [2.05, 4.69) is 19.2 Å². The van der Waals surface area contributed by atoms with Crippen molar-refractivity contribution in [3.05, 3.63) is 0 Å². The molecule has 108 valence electrons. The lowest BCUT2D eigenvalue weighted by molar-refractivity contribution is -0.130. The van der Waals surface area contributed by atoms with Gasteiger partial charge < -0.3 is 10.2 Å². The molecule has 5 unspecified atom stereocenters. The Balaban J connectivity index is 1.51. The summed E-state index contributed by atoms with van der Waals surface area (Å²) in [5, 5.41) is 3.58. The van der Waals surface area contributed by atoms with E-state index in [4.69, 9.17) is 0 Å². The molecule has 5 atom stereocenters. The van der Waals surface area contributed by atoms with Gasteiger partial charge in [0, 0.05) is 19.1 Å². The molecule has 0 aromatic heterocycles. The quantitative estimate of drug-likeness (QED) is 0.826. The van der Waals surface area contributed by atoms with Gasteiger partial charge in [-0.05, 0) is 63.2 Å². The van der Waals surface area contributed by atoms with E-state index in [-0.39, 0.29) is 5.91 Å². The Bertz CT molecular complexity index is 340. The summed E-state index contributed by atoms with van der Waals surface area (Å²) >= 11 is 0. The molecule has 0 spiro atoms. The summed E-state index contributed by atoms with van der Waals surface area (Å²) in [5.41, 5.74) is 0. The van der Waals surface area contributed by atoms with E-state index in [0.29, 0.717) is 12.6 Å². The Labute approximate surface area is 117 Å². The van der Waals surface area contributed by atoms with Gasteiger partial charge in [0.1, 0.15) is 0 Å². The Morgan fingerprint density at radius 1 is 1.11 bits per heavy atom. The molecule has 3 aliphatic carbocycles. The van der Waals surface area contributed by atoms with Crippen LogP contribution in [0, 0.1) is 23.7 Å². The second-order valence-corrected chi connectivity index (χ2v) is 6.71. The summed E-state index contributed by atoms with van der Waals surface area (Å²) < 4.78 is 0. The Morgan fingerprint density at radius 3 is 2.58 bits per heavy atom. The predicted octanol–water partition coefficient (Wildman–Crippen LogP) is 2.27. The number of carbonyl (C=O) groups is 1. The number of fused-ring (bicyclic) bond motifs is 5. The van der Waals surface area contributed by atoms with E-state index >= 15 is 0 Å². The van der Waals surface area contributed by atoms with Crippen LogP contribution in [0.5, 0.6) is 0 Å². The first-order valence-corrected chi connectivity index (χ1v) is 8.25. The molecule has 2 bridgehead atoms. The van der Waals surface area contributed by atoms with Crippen molar-refractivity contribution in [2.24, 2.45) is 23.7 Å². The SMILES string of the molecule is CCN(CC)C(=O)CNC1CC2CC1C1CCCC21. The molecule has 19 heavy (non-hydrogen) atoms. The number of hydrogen-bond donors (Lipinski definition) is 1. The molecule has 0 radical (unpaired) electrons. The lowest BCUT2D eigenvalue weighted by atomic mass is 9.79. The van der Waals surface area contributed by atoms with Crippen molar-refractivity contribution in [2.75, 3.05) is 19.6 Å². The highest BCUT2D eigenvalue weighted by Gasteiger charge is 2.53. The van der Waals surface area contributed by atoms with Crippen LogP contribution in [0.15, 0.2) is 0 Å². The van der Waals surface area contributed by atoms with Gasteiger partial charge in [0.15, 0.2) is 0 Å². The molecule has 3 fully saturated rings. The first-order valence-electron chi connectivity index (χ1n) is 8.25. The number of hydrogen-bond acceptors (Lipinski definition) is 2. The molecule has 3 aliphatic rings. The number of amides is 1. The zero-order valence-electron chi connectivity index (χ0n) is 12.4. The maximum Gasteiger partial charge on any atom is 0.236 e. The Hall–Kier alpha value is -0.570. The van der Waals surface area contributed by atoms with E-state index in [1.807, 2.05) is 4.90 Å². The molecule has 0 aliphatic heterocycles. The van der Waals surface area contributed by atoms with Crippen molar-refractivity contribution in [3.8, 4) is 0 Å². The normalized spacial score (nSPS) is 39.6. The first kappa shape index (κ1) is 13.4. The maximum atomic E-state index is 12.1. The fourth-order valence-corrected chi connectivity index (χ4v) is 5.21. The minimum absolute atomic E-state index is 0.274. The zero-order valence-corrected chi connectivity index (χ0v) is 12.4. The molecular formula is C16H28N2O. The molecule has 0 aromatic rings. The average Bonchev–Trinajstić information content (AvgIpc) is 3.09. The molecule has 3 rings (SSSR count). The van der Waals surface area contributed by atoms with Crippen molar-refractivity contribution in [3.63, 3.8) is 0 Å². The largest absolute Gasteiger partial charge is 0.342 e. The van der Waals surface area contributed by atoms with E-state index < -0.39 is 0 Å². The van der Waals surface area contributed by atoms with E-state index in [1.54, 1.807) is 0 Å². The number of nitrogens with zero attached hydrogens (tertiary/aromatic N) is 1. The van der Waals surface area contributed by atoms with Crippen molar-refractivity contribution in [2.45, 2.75) is 52.0 Å². The van der Waals surface area contributed by atoms with Gasteiger partial charge >= 0.3 is 0 Å². The summed E-state index contributed by atoms with van der Waals surface area (Å²) in [5.74, 6) is 4.15. The van der Waals surface area contributed by atoms with Gasteiger partial charge in [0.2, 0.25) is 5.91 Å². The molecule has 1 amide bonds. The van der Waals surface area contributed by atoms with Crippen LogP contribution in [0.4, 0.5) is 0 Å². The monoisotopic (exact) mass is 264 g/mol. The van der Waals surface area contributed by atoms with Crippen molar-refractivity contribution >= 4 is 5.91 Å². The van der Waals surface area contributed by atoms with Gasteiger partial charge in [-0.15, -0.1) is 0 Å². The van der Waals surface area contributed by atoms with Gasteiger partial charge in [-0.3, -0.25) is 4.79 Å². The topological polar surface area (TPSA) is 32.3 Å². The van der Waals surface area contributed by atoms with Crippen molar-refractivity contribution < 1.29 is 4.79 Å². The lowest BCUT2D eigenvalue weighted by Gasteiger charge is -2.32. The number of nitrogens with one attached hydrogen (secondary N) is 1. The Morgan fingerprint density at radius 2 is 1.84 bits per heavy atom. The third-order valence-electron chi connectivity index (χ3n) is 6.06. The Kier molecular flexibility index (Phi) is 3.84. The standard InChI is InChI=1S/C16H28N2O/c1-3-18(4-2)16(19)10-17-15-9-11-8-14(15)13-7-5-6-12(11)13/h11-15,17H,3-10H2,1-2H3. The minimum atomic E-state index is 0.274. The molecule has 0 heterocycles. The van der Waals surface area contributed by atoms with Crippen molar-refractivity contribution in [1.29, 1.82) is 0 Å². The molecule has 1 N–H and O–H groups in total. The second-order valence-electron chi connectivity index (χ2n) is 6.71. The van der Waals surface area contributed by atoms with E-state index in [9.17, 15) is 4.79 Å². The van der Waals surface area contributed by atoms with Crippen LogP contribution in [-0.4, -0.2) is 36.5 Å². The first-order chi connectivity index (χ1) is 9.24. The highest BCUT2D eigenvalue weighted by molar-refractivity contribution is 5.78. The smallest absolute Gasteiger partial charge is 0.236 e. The highest BCUT2D eigenvalue weighted by atomic mass is 16.2. The molecular weight excluding hydrogens is 236 g/mol. The summed E-state index contributed by atoms with van der Waals surface area (Å²) in [7, 11) is 0. The van der Waals surface area contributed by atoms with Crippen LogP contribution >= 0.6 is 0 Å². The molecule has 3 nitrogen and oxygen atoms in total. The van der Waals surface area contributed by atoms with Crippen LogP contribution in [0.1, 0.15) is 46.0 Å². The third kappa shape index (κ3) is 2.31. The second kappa shape index (κ2) is 5.43. The van der Waals surface area contributed by atoms with Gasteiger partial charge in [0.05, 0.1) is 6.54 Å². The van der Waals surface area contributed by atoms with Gasteiger partial charge in [-0.25, -0.2) is 0 Å². The van der Waals surface area contributed by atoms with E-state index in [1.165, 1.54) is 32.1 Å². The van der Waals surface area contributed by atoms with Gasteiger partial charge in [0.25, 0.3) is 0 Å². The van der Waals surface area contributed by atoms with Crippen LogP contribution in [0.3, 0.4) is 0 Å². The van der Waals surface area contributed by atoms with Gasteiger partial charge in [-0.2, -0.15) is 0 Å². The summed E-state index contributed by atoms with van der Waals surface area (Å²) in [4.78, 5) is 14.0. The fourth-order valence-electron chi connectivity index (χ4n) is 5.21. The third-order valence-corrected chi connectivity index (χ3v) is 6.06. The van der Waals surface area contributed by atoms with Crippen LogP contribution in [-0.2, 0) is 4.79 Å². The summed E-state index contributed by atoms with van der Waals surface area (Å²) in [6, 6.07) is 0.629. The highest BCUT2D eigenvalue weighted by Crippen LogP contribution is 2.58. The summed E-state index contributed by atoms with van der Waals surface area (Å²) in [6.07, 6.45) is 7.15. The van der Waals surface area contributed by atoms with Crippen LogP contribution in [0.2, 0.25) is 0 Å². The summed E-state index contributed by atoms with van der Waals surface area (Å²) in [6.45, 7) is 6.33. The fraction of sp³-hybridized carbons (Fsp3) is 0.938. The minimum Gasteiger partial charge on any atom is -0.342 e. The van der Waals surface area contributed by atoms with Crippen molar-refractivity contribution in [1.82, 2.24) is 10.2 Å². The number of rotatable bonds is 5. The molecule has 0 saturated heterocycles. The molecule has 3 saturated carbocycles. The van der Waals surface area contributed by atoms with E-state index in [0.717, 1.165) is 36.8 Å². The molecule has 3 heteroatoms. The number of carbonyl (C=O) groups excluding carboxylic acids is 1. The van der Waals surface area contributed by atoms with Crippen LogP contribution < -0.4 is 5.32 Å². The molecule has 0 aromatic carbocycles. The predicted molar refractivity (Wildman–Crippen MR) is 76.8 cm³/mol. The number of likely N-dealkylation sites (N-methyl/N-ethyl adjacent to an activating group) is 1. The average molecular weight is 264 g/mol. The zero-order chi connectivity index (χ0) is 13.4.